The predicted molar refractivity (Wildman–Crippen MR) is 103 cm³/mol. The Hall–Kier alpha value is -2.37. The molecule has 1 aliphatic heterocycles. The Morgan fingerprint density at radius 3 is 2.59 bits per heavy atom. The largest absolute Gasteiger partial charge is 0.352 e. The van der Waals surface area contributed by atoms with Crippen LogP contribution >= 0.6 is 0 Å². The van der Waals surface area contributed by atoms with E-state index < -0.39 is 11.6 Å². The number of hydrogen-bond donors (Lipinski definition) is 2. The number of carbonyl (C=O) groups excluding carboxylic acids is 3. The Morgan fingerprint density at radius 2 is 1.93 bits per heavy atom. The second kappa shape index (κ2) is 7.71. The Morgan fingerprint density at radius 1 is 1.22 bits per heavy atom. The number of hydrogen-bond acceptors (Lipinski definition) is 3. The van der Waals surface area contributed by atoms with Gasteiger partial charge in [0.1, 0.15) is 12.1 Å². The van der Waals surface area contributed by atoms with E-state index in [1.165, 1.54) is 6.42 Å². The fourth-order valence-electron chi connectivity index (χ4n) is 4.31. The van der Waals surface area contributed by atoms with Gasteiger partial charge in [0.05, 0.1) is 0 Å². The van der Waals surface area contributed by atoms with Crippen molar-refractivity contribution in [3.8, 4) is 0 Å². The summed E-state index contributed by atoms with van der Waals surface area (Å²) in [7, 11) is 0. The normalized spacial score (nSPS) is 30.9. The lowest BCUT2D eigenvalue weighted by atomic mass is 9.78. The van der Waals surface area contributed by atoms with Gasteiger partial charge in [-0.05, 0) is 30.2 Å². The molecule has 0 radical (unpaired) electrons. The van der Waals surface area contributed by atoms with Gasteiger partial charge in [-0.1, -0.05) is 63.9 Å². The van der Waals surface area contributed by atoms with E-state index >= 15 is 0 Å². The average Bonchev–Trinajstić information content (AvgIpc) is 2.91. The second-order valence-electron chi connectivity index (χ2n) is 7.89. The molecular weight excluding hydrogens is 342 g/mol. The smallest absolute Gasteiger partial charge is 0.325 e. The van der Waals surface area contributed by atoms with E-state index in [4.69, 9.17) is 0 Å². The highest BCUT2D eigenvalue weighted by Crippen LogP contribution is 2.32. The van der Waals surface area contributed by atoms with Gasteiger partial charge < -0.3 is 10.6 Å². The molecule has 3 rings (SSSR count). The van der Waals surface area contributed by atoms with Gasteiger partial charge in [0.15, 0.2) is 0 Å². The SMILES string of the molecule is CCC1(c2ccccc2)NC(=O)N(CC(=O)NC2CCCC(C)C2C)C1=O. The van der Waals surface area contributed by atoms with Crippen LogP contribution in [0.3, 0.4) is 0 Å². The minimum atomic E-state index is -1.09. The van der Waals surface area contributed by atoms with Gasteiger partial charge in [0, 0.05) is 6.04 Å². The van der Waals surface area contributed by atoms with Crippen LogP contribution in [0.5, 0.6) is 0 Å². The number of carbonyl (C=O) groups is 3. The molecule has 2 aliphatic rings. The maximum Gasteiger partial charge on any atom is 0.325 e. The molecule has 6 heteroatoms. The third-order valence-electron chi connectivity index (χ3n) is 6.33. The van der Waals surface area contributed by atoms with Crippen molar-refractivity contribution in [1.29, 1.82) is 0 Å². The monoisotopic (exact) mass is 371 g/mol. The van der Waals surface area contributed by atoms with Gasteiger partial charge in [0.2, 0.25) is 5.91 Å². The molecule has 1 saturated carbocycles. The summed E-state index contributed by atoms with van der Waals surface area (Å²) in [6.45, 7) is 5.98. The van der Waals surface area contributed by atoms with Crippen LogP contribution in [-0.4, -0.2) is 35.3 Å². The highest BCUT2D eigenvalue weighted by atomic mass is 16.2. The summed E-state index contributed by atoms with van der Waals surface area (Å²) in [6.07, 6.45) is 3.64. The zero-order chi connectivity index (χ0) is 19.6. The molecule has 4 amide bonds. The molecule has 27 heavy (non-hydrogen) atoms. The highest BCUT2D eigenvalue weighted by Gasteiger charge is 2.51. The summed E-state index contributed by atoms with van der Waals surface area (Å²) in [5, 5.41) is 5.85. The summed E-state index contributed by atoms with van der Waals surface area (Å²) in [6, 6.07) is 8.80. The number of rotatable bonds is 5. The van der Waals surface area contributed by atoms with Crippen LogP contribution in [0, 0.1) is 11.8 Å². The molecule has 4 unspecified atom stereocenters. The average molecular weight is 371 g/mol. The van der Waals surface area contributed by atoms with Crippen molar-refractivity contribution in [3.63, 3.8) is 0 Å². The van der Waals surface area contributed by atoms with Crippen molar-refractivity contribution >= 4 is 17.8 Å². The van der Waals surface area contributed by atoms with Crippen molar-refractivity contribution in [2.75, 3.05) is 6.54 Å². The van der Waals surface area contributed by atoms with Gasteiger partial charge in [0.25, 0.3) is 5.91 Å². The first kappa shape index (κ1) is 19.4. The number of nitrogens with one attached hydrogen (secondary N) is 2. The number of imide groups is 1. The molecule has 6 nitrogen and oxygen atoms in total. The van der Waals surface area contributed by atoms with Crippen LogP contribution in [0.2, 0.25) is 0 Å². The lowest BCUT2D eigenvalue weighted by Gasteiger charge is -2.34. The van der Waals surface area contributed by atoms with Crippen molar-refractivity contribution in [2.24, 2.45) is 11.8 Å². The van der Waals surface area contributed by atoms with E-state index in [9.17, 15) is 14.4 Å². The minimum Gasteiger partial charge on any atom is -0.352 e. The van der Waals surface area contributed by atoms with Crippen molar-refractivity contribution in [3.05, 3.63) is 35.9 Å². The molecule has 4 atom stereocenters. The molecular formula is C21H29N3O3. The summed E-state index contributed by atoms with van der Waals surface area (Å²) in [5.74, 6) is 0.322. The maximum atomic E-state index is 13.1. The number of nitrogens with zero attached hydrogens (tertiary/aromatic N) is 1. The molecule has 1 aromatic rings. The first-order valence-electron chi connectivity index (χ1n) is 9.88. The third kappa shape index (κ3) is 3.57. The summed E-state index contributed by atoms with van der Waals surface area (Å²) in [5.41, 5.74) is -0.353. The maximum absolute atomic E-state index is 13.1. The molecule has 1 saturated heterocycles. The van der Waals surface area contributed by atoms with E-state index in [2.05, 4.69) is 24.5 Å². The minimum absolute atomic E-state index is 0.104. The molecule has 0 aromatic heterocycles. The molecule has 2 N–H and O–H groups in total. The zero-order valence-corrected chi connectivity index (χ0v) is 16.3. The number of urea groups is 1. The lowest BCUT2D eigenvalue weighted by molar-refractivity contribution is -0.135. The van der Waals surface area contributed by atoms with E-state index in [0.717, 1.165) is 23.3 Å². The molecule has 0 spiro atoms. The summed E-state index contributed by atoms with van der Waals surface area (Å²) < 4.78 is 0. The number of amides is 4. The molecule has 2 fully saturated rings. The Bertz CT molecular complexity index is 721. The number of benzene rings is 1. The first-order chi connectivity index (χ1) is 12.9. The van der Waals surface area contributed by atoms with Crippen LogP contribution in [0.1, 0.15) is 52.0 Å². The Labute approximate surface area is 160 Å². The Balaban J connectivity index is 1.71. The topological polar surface area (TPSA) is 78.5 Å². The Kier molecular flexibility index (Phi) is 5.53. The van der Waals surface area contributed by atoms with Gasteiger partial charge in [-0.2, -0.15) is 0 Å². The quantitative estimate of drug-likeness (QED) is 0.781. The fraction of sp³-hybridized carbons (Fsp3) is 0.571. The van der Waals surface area contributed by atoms with Gasteiger partial charge in [-0.25, -0.2) is 4.79 Å². The van der Waals surface area contributed by atoms with Gasteiger partial charge in [-0.15, -0.1) is 0 Å². The second-order valence-corrected chi connectivity index (χ2v) is 7.89. The van der Waals surface area contributed by atoms with Crippen molar-refractivity contribution in [1.82, 2.24) is 15.5 Å². The zero-order valence-electron chi connectivity index (χ0n) is 16.3. The van der Waals surface area contributed by atoms with Crippen LogP contribution in [0.25, 0.3) is 0 Å². The molecule has 1 aliphatic carbocycles. The lowest BCUT2D eigenvalue weighted by Crippen LogP contribution is -2.49. The van der Waals surface area contributed by atoms with E-state index in [1.54, 1.807) is 0 Å². The summed E-state index contributed by atoms with van der Waals surface area (Å²) in [4.78, 5) is 39.2. The standard InChI is InChI=1S/C21H29N3O3/c1-4-21(16-10-6-5-7-11-16)19(26)24(20(27)23-21)13-18(25)22-17-12-8-9-14(2)15(17)3/h5-7,10-11,14-15,17H,4,8-9,12-13H2,1-3H3,(H,22,25)(H,23,27). The van der Waals surface area contributed by atoms with Crippen LogP contribution in [-0.2, 0) is 15.1 Å². The van der Waals surface area contributed by atoms with Crippen LogP contribution in [0.4, 0.5) is 4.79 Å². The van der Waals surface area contributed by atoms with Crippen molar-refractivity contribution < 1.29 is 14.4 Å². The van der Waals surface area contributed by atoms with Gasteiger partial charge in [-0.3, -0.25) is 14.5 Å². The van der Waals surface area contributed by atoms with Crippen LogP contribution in [0.15, 0.2) is 30.3 Å². The predicted octanol–water partition coefficient (Wildman–Crippen LogP) is 2.78. The molecule has 146 valence electrons. The third-order valence-corrected chi connectivity index (χ3v) is 6.33. The molecule has 1 aromatic carbocycles. The van der Waals surface area contributed by atoms with Crippen molar-refractivity contribution in [2.45, 2.75) is 58.0 Å². The highest BCUT2D eigenvalue weighted by molar-refractivity contribution is 6.09. The molecule has 0 bridgehead atoms. The fourth-order valence-corrected chi connectivity index (χ4v) is 4.31. The van der Waals surface area contributed by atoms with E-state index in [1.807, 2.05) is 37.3 Å². The van der Waals surface area contributed by atoms with Gasteiger partial charge >= 0.3 is 6.03 Å². The first-order valence-corrected chi connectivity index (χ1v) is 9.88. The van der Waals surface area contributed by atoms with E-state index in [0.29, 0.717) is 18.3 Å². The van der Waals surface area contributed by atoms with E-state index in [-0.39, 0.29) is 24.4 Å². The summed E-state index contributed by atoms with van der Waals surface area (Å²) >= 11 is 0. The van der Waals surface area contributed by atoms with Crippen LogP contribution < -0.4 is 10.6 Å². The molecule has 1 heterocycles.